The normalized spacial score (nSPS) is 10.0. The molecule has 2 N–H and O–H groups in total. The summed E-state index contributed by atoms with van der Waals surface area (Å²) in [6.45, 7) is 1.64. The quantitative estimate of drug-likeness (QED) is 0.847. The molecule has 6 heteroatoms. The first-order valence-electron chi connectivity index (χ1n) is 7.15. The second-order valence-electron chi connectivity index (χ2n) is 4.75. The number of ether oxygens (including phenoxy) is 1. The molecule has 0 spiro atoms. The number of para-hydroxylation sites is 1. The summed E-state index contributed by atoms with van der Waals surface area (Å²) in [7, 11) is 0. The van der Waals surface area contributed by atoms with E-state index in [0.717, 1.165) is 0 Å². The molecule has 0 aliphatic rings. The highest BCUT2D eigenvalue weighted by Gasteiger charge is 2.06. The van der Waals surface area contributed by atoms with Gasteiger partial charge < -0.3 is 15.4 Å². The Balaban J connectivity index is 1.85. The van der Waals surface area contributed by atoms with Crippen molar-refractivity contribution in [1.82, 2.24) is 0 Å². The molecule has 0 aliphatic heterocycles. The van der Waals surface area contributed by atoms with Gasteiger partial charge in [-0.1, -0.05) is 30.7 Å². The van der Waals surface area contributed by atoms with E-state index >= 15 is 0 Å². The predicted molar refractivity (Wildman–Crippen MR) is 90.9 cm³/mol. The van der Waals surface area contributed by atoms with E-state index in [2.05, 4.69) is 10.6 Å². The second kappa shape index (κ2) is 8.19. The lowest BCUT2D eigenvalue weighted by atomic mass is 10.2. The zero-order valence-electron chi connectivity index (χ0n) is 12.6. The van der Waals surface area contributed by atoms with Crippen LogP contribution in [0.15, 0.2) is 48.5 Å². The molecule has 5 nitrogen and oxygen atoms in total. The molecular weight excluding hydrogens is 316 g/mol. The van der Waals surface area contributed by atoms with E-state index in [4.69, 9.17) is 16.3 Å². The Labute approximate surface area is 139 Å². The molecule has 0 radical (unpaired) electrons. The lowest BCUT2D eigenvalue weighted by molar-refractivity contribution is -0.118. The van der Waals surface area contributed by atoms with Crippen LogP contribution in [-0.4, -0.2) is 18.4 Å². The Morgan fingerprint density at radius 1 is 0.957 bits per heavy atom. The van der Waals surface area contributed by atoms with Gasteiger partial charge in [0, 0.05) is 17.8 Å². The summed E-state index contributed by atoms with van der Waals surface area (Å²) in [6, 6.07) is 13.8. The molecule has 0 aromatic heterocycles. The van der Waals surface area contributed by atoms with Crippen molar-refractivity contribution >= 4 is 34.8 Å². The molecule has 2 rings (SSSR count). The smallest absolute Gasteiger partial charge is 0.262 e. The summed E-state index contributed by atoms with van der Waals surface area (Å²) in [5, 5.41) is 5.90. The van der Waals surface area contributed by atoms with Crippen LogP contribution in [0, 0.1) is 0 Å². The van der Waals surface area contributed by atoms with Gasteiger partial charge in [-0.3, -0.25) is 9.59 Å². The summed E-state index contributed by atoms with van der Waals surface area (Å²) in [5.41, 5.74) is 1.30. The van der Waals surface area contributed by atoms with Crippen LogP contribution in [0.25, 0.3) is 0 Å². The van der Waals surface area contributed by atoms with Crippen LogP contribution in [0.1, 0.15) is 13.3 Å². The maximum Gasteiger partial charge on any atom is 0.262 e. The Bertz CT molecular complexity index is 686. The van der Waals surface area contributed by atoms with Crippen molar-refractivity contribution in [3.8, 4) is 5.75 Å². The van der Waals surface area contributed by atoms with E-state index in [1.165, 1.54) is 0 Å². The van der Waals surface area contributed by atoms with Crippen LogP contribution in [0.5, 0.6) is 5.75 Å². The zero-order valence-corrected chi connectivity index (χ0v) is 13.4. The van der Waals surface area contributed by atoms with Crippen LogP contribution in [0.3, 0.4) is 0 Å². The van der Waals surface area contributed by atoms with E-state index < -0.39 is 0 Å². The summed E-state index contributed by atoms with van der Waals surface area (Å²) < 4.78 is 5.36. The molecule has 2 aromatic rings. The highest BCUT2D eigenvalue weighted by molar-refractivity contribution is 6.32. The van der Waals surface area contributed by atoms with Crippen molar-refractivity contribution in [1.29, 1.82) is 0 Å². The van der Waals surface area contributed by atoms with Crippen molar-refractivity contribution in [3.63, 3.8) is 0 Å². The minimum Gasteiger partial charge on any atom is -0.482 e. The number of anilines is 2. The standard InChI is InChI=1S/C17H17ClN2O3/c1-2-16(21)19-12-7-9-13(10-8-12)20-17(22)11-23-15-6-4-3-5-14(15)18/h3-10H,2,11H2,1H3,(H,19,21)(H,20,22). The highest BCUT2D eigenvalue weighted by Crippen LogP contribution is 2.23. The number of halogens is 1. The third-order valence-corrected chi connectivity index (χ3v) is 3.28. The predicted octanol–water partition coefficient (Wildman–Crippen LogP) is 3.71. The molecular formula is C17H17ClN2O3. The molecule has 0 bridgehead atoms. The fraction of sp³-hybridized carbons (Fsp3) is 0.176. The number of carbonyl (C=O) groups is 2. The fourth-order valence-electron chi connectivity index (χ4n) is 1.79. The minimum absolute atomic E-state index is 0.0603. The van der Waals surface area contributed by atoms with E-state index in [1.54, 1.807) is 55.5 Å². The maximum absolute atomic E-state index is 11.9. The number of benzene rings is 2. The number of nitrogens with one attached hydrogen (secondary N) is 2. The fourth-order valence-corrected chi connectivity index (χ4v) is 1.98. The molecule has 120 valence electrons. The van der Waals surface area contributed by atoms with Gasteiger partial charge in [0.15, 0.2) is 6.61 Å². The number of hydrogen-bond donors (Lipinski definition) is 2. The van der Waals surface area contributed by atoms with Gasteiger partial charge in [0.25, 0.3) is 5.91 Å². The molecule has 0 aliphatic carbocycles. The van der Waals surface area contributed by atoms with Crippen LogP contribution in [-0.2, 0) is 9.59 Å². The monoisotopic (exact) mass is 332 g/mol. The molecule has 0 saturated carbocycles. The third kappa shape index (κ3) is 5.30. The topological polar surface area (TPSA) is 67.4 Å². The van der Waals surface area contributed by atoms with Crippen LogP contribution < -0.4 is 15.4 Å². The molecule has 0 atom stereocenters. The van der Waals surface area contributed by atoms with Crippen LogP contribution in [0.4, 0.5) is 11.4 Å². The van der Waals surface area contributed by atoms with Crippen LogP contribution in [0.2, 0.25) is 5.02 Å². The van der Waals surface area contributed by atoms with Crippen LogP contribution >= 0.6 is 11.6 Å². The lowest BCUT2D eigenvalue weighted by Gasteiger charge is -2.09. The maximum atomic E-state index is 11.9. The number of amides is 2. The largest absolute Gasteiger partial charge is 0.482 e. The Kier molecular flexibility index (Phi) is 6.00. The van der Waals surface area contributed by atoms with Crippen molar-refractivity contribution in [3.05, 3.63) is 53.6 Å². The molecule has 2 amide bonds. The Morgan fingerprint density at radius 2 is 1.52 bits per heavy atom. The first kappa shape index (κ1) is 16.8. The van der Waals surface area contributed by atoms with Gasteiger partial charge in [-0.15, -0.1) is 0 Å². The SMILES string of the molecule is CCC(=O)Nc1ccc(NC(=O)COc2ccccc2Cl)cc1. The van der Waals surface area contributed by atoms with Gasteiger partial charge in [-0.25, -0.2) is 0 Å². The number of rotatable bonds is 6. The molecule has 23 heavy (non-hydrogen) atoms. The van der Waals surface area contributed by atoms with Gasteiger partial charge in [0.1, 0.15) is 5.75 Å². The van der Waals surface area contributed by atoms with E-state index in [9.17, 15) is 9.59 Å². The van der Waals surface area contributed by atoms with Crippen molar-refractivity contribution in [2.24, 2.45) is 0 Å². The molecule has 0 unspecified atom stereocenters. The van der Waals surface area contributed by atoms with Gasteiger partial charge in [-0.05, 0) is 36.4 Å². The van der Waals surface area contributed by atoms with Gasteiger partial charge >= 0.3 is 0 Å². The first-order valence-corrected chi connectivity index (χ1v) is 7.53. The average molecular weight is 333 g/mol. The number of carbonyl (C=O) groups excluding carboxylic acids is 2. The molecule has 0 saturated heterocycles. The lowest BCUT2D eigenvalue weighted by Crippen LogP contribution is -2.20. The third-order valence-electron chi connectivity index (χ3n) is 2.97. The van der Waals surface area contributed by atoms with Gasteiger partial charge in [-0.2, -0.15) is 0 Å². The first-order chi connectivity index (χ1) is 11.1. The molecule has 0 fully saturated rings. The Morgan fingerprint density at radius 3 is 2.09 bits per heavy atom. The number of hydrogen-bond acceptors (Lipinski definition) is 3. The van der Waals surface area contributed by atoms with Gasteiger partial charge in [0.05, 0.1) is 5.02 Å². The van der Waals surface area contributed by atoms with Gasteiger partial charge in [0.2, 0.25) is 5.91 Å². The van der Waals surface area contributed by atoms with Crippen molar-refractivity contribution in [2.45, 2.75) is 13.3 Å². The second-order valence-corrected chi connectivity index (χ2v) is 5.15. The summed E-state index contributed by atoms with van der Waals surface area (Å²) in [4.78, 5) is 23.1. The van der Waals surface area contributed by atoms with Crippen molar-refractivity contribution in [2.75, 3.05) is 17.2 Å². The van der Waals surface area contributed by atoms with E-state index in [1.807, 2.05) is 0 Å². The van der Waals surface area contributed by atoms with E-state index in [-0.39, 0.29) is 18.4 Å². The minimum atomic E-state index is -0.296. The highest BCUT2D eigenvalue weighted by atomic mass is 35.5. The Hall–Kier alpha value is -2.53. The van der Waals surface area contributed by atoms with E-state index in [0.29, 0.717) is 28.6 Å². The zero-order chi connectivity index (χ0) is 16.7. The average Bonchev–Trinajstić information content (AvgIpc) is 2.56. The summed E-state index contributed by atoms with van der Waals surface area (Å²) in [6.07, 6.45) is 0.415. The molecule has 0 heterocycles. The molecule has 2 aromatic carbocycles. The summed E-state index contributed by atoms with van der Waals surface area (Å²) >= 11 is 5.95. The summed E-state index contributed by atoms with van der Waals surface area (Å²) in [5.74, 6) is 0.104. The van der Waals surface area contributed by atoms with Crippen molar-refractivity contribution < 1.29 is 14.3 Å².